The number of alkyl carbamates (subject to hydrolysis) is 2. The van der Waals surface area contributed by atoms with Crippen LogP contribution >= 0.6 is 34.8 Å². The van der Waals surface area contributed by atoms with Crippen molar-refractivity contribution in [2.75, 3.05) is 40.2 Å². The number of fused-ring (bicyclic) bond motifs is 6. The first-order valence-corrected chi connectivity index (χ1v) is 40.2. The molecule has 128 heavy (non-hydrogen) atoms. The number of nitrogen functional groups attached to an aromatic ring is 1. The van der Waals surface area contributed by atoms with E-state index in [9.17, 15) is 52.7 Å². The maximum Gasteiger partial charge on any atom is 0.408 e. The van der Waals surface area contributed by atoms with E-state index in [-0.39, 0.29) is 229 Å². The molecule has 2 aliphatic carbocycles. The first kappa shape index (κ1) is 123. The number of allylic oxidation sites excluding steroid dienone is 1. The molecule has 11 rings (SSSR count). The summed E-state index contributed by atoms with van der Waals surface area (Å²) in [7, 11) is 0. The molecule has 0 bridgehead atoms. The molecule has 12 N–H and O–H groups in total. The van der Waals surface area contributed by atoms with E-state index >= 15 is 0 Å². The quantitative estimate of drug-likeness (QED) is 0.0138. The van der Waals surface area contributed by atoms with Gasteiger partial charge in [-0.15, -0.1) is 60.7 Å². The molecule has 0 heterocycles. The van der Waals surface area contributed by atoms with Gasteiger partial charge in [0.25, 0.3) is 0 Å². The second-order valence-corrected chi connectivity index (χ2v) is 32.0. The molecule has 8 amide bonds. The Kier molecular flexibility index (Phi) is 57.9. The van der Waals surface area contributed by atoms with E-state index in [0.717, 1.165) is 73.6 Å². The smallest absolute Gasteiger partial charge is 0.408 e. The van der Waals surface area contributed by atoms with Gasteiger partial charge in [-0.25, -0.2) is 9.59 Å². The number of hydrogen-bond donors (Lipinski definition) is 10. The summed E-state index contributed by atoms with van der Waals surface area (Å²) in [5.74, 6) is -1.62. The Balaban J connectivity index is 0. The Morgan fingerprint density at radius 1 is 0.391 bits per heavy atom. The molecule has 23 nitrogen and oxygen atoms in total. The van der Waals surface area contributed by atoms with Gasteiger partial charge in [0.05, 0.1) is 5.54 Å². The topological polar surface area (TPSA) is 355 Å². The van der Waals surface area contributed by atoms with E-state index in [2.05, 4.69) is 122 Å². The van der Waals surface area contributed by atoms with Gasteiger partial charge in [-0.3, -0.25) is 43.2 Å². The fraction of sp³-hybridized carbons (Fsp3) is 0.289. The molecule has 0 aliphatic heterocycles. The van der Waals surface area contributed by atoms with Crippen molar-refractivity contribution in [3.8, 4) is 22.3 Å². The largest absolute Gasteiger partial charge is 0.449 e. The first-order valence-electron chi connectivity index (χ1n) is 39.1. The molecule has 0 fully saturated rings. The zero-order valence-corrected chi connectivity index (χ0v) is 91.9. The monoisotopic (exact) mass is 2170 g/mol. The van der Waals surface area contributed by atoms with E-state index < -0.39 is 50.4 Å². The van der Waals surface area contributed by atoms with Crippen LogP contribution in [-0.4, -0.2) is 104 Å². The Morgan fingerprint density at radius 2 is 0.656 bits per heavy atom. The van der Waals surface area contributed by atoms with Gasteiger partial charge in [-0.1, -0.05) is 187 Å². The van der Waals surface area contributed by atoms with Gasteiger partial charge in [0, 0.05) is 188 Å². The van der Waals surface area contributed by atoms with Crippen molar-refractivity contribution >= 4 is 127 Å². The van der Waals surface area contributed by atoms with Crippen LogP contribution in [0.15, 0.2) is 213 Å². The minimum Gasteiger partial charge on any atom is -0.449 e. The number of nitrogens with two attached hydrogens (primary N) is 2. The number of nitrogens with one attached hydrogen (secondary N) is 8. The Morgan fingerprint density at radius 3 is 0.898 bits per heavy atom. The van der Waals surface area contributed by atoms with Gasteiger partial charge in [0.1, 0.15) is 35.4 Å². The number of carbonyl (C=O) groups is 11. The fourth-order valence-corrected chi connectivity index (χ4v) is 11.3. The maximum absolute atomic E-state index is 12.7. The van der Waals surface area contributed by atoms with E-state index in [1.54, 1.807) is 118 Å². The Bertz CT molecular complexity index is 5110. The number of hydrogen-bond acceptors (Lipinski definition) is 15. The van der Waals surface area contributed by atoms with Crippen molar-refractivity contribution < 1.29 is 226 Å². The molecule has 2 aliphatic rings. The normalized spacial score (nSPS) is 10.9. The number of rotatable bonds is 21. The van der Waals surface area contributed by atoms with Crippen molar-refractivity contribution in [1.29, 1.82) is 0 Å². The number of benzene rings is 9. The molecule has 31 heteroatoms. The summed E-state index contributed by atoms with van der Waals surface area (Å²) in [6.07, 6.45) is 1.69. The van der Waals surface area contributed by atoms with Gasteiger partial charge in [-0.05, 0) is 161 Å². The summed E-state index contributed by atoms with van der Waals surface area (Å²) >= 11 is 15.0. The number of halogens is 3. The fourth-order valence-electron chi connectivity index (χ4n) is 11.2. The van der Waals surface area contributed by atoms with Gasteiger partial charge in [0.15, 0.2) is 0 Å². The van der Waals surface area contributed by atoms with Crippen molar-refractivity contribution in [2.45, 2.75) is 170 Å². The van der Waals surface area contributed by atoms with Crippen LogP contribution in [0.25, 0.3) is 22.3 Å². The number of anilines is 5. The SMILES string of the molecule is C=CC(=O)Cl.C=CC(=O)NC(C)(C)C(=O)Nc1cc[c-]c(C)c1.CC(C)(NC(=O)OCC1c2ccccc2-c2ccccc21)C(=O)Cl.CCC(=O)Cl.CCC(=O)NC(C)(C)C(=O)Nc1cc[c-]c(C)c1.Cc1[c-]ccc(N)c1.Cc1[c-]ccc(NC(=O)C(C)(C)N)c1.Cc1[c-]ccc(NC(=O)C(C)(C)NC(=O)OCC2c3ccccc3-c3ccccc32)c1.[Y].[Y].[Y].[Y].[Y]. The van der Waals surface area contributed by atoms with Crippen LogP contribution in [0.3, 0.4) is 0 Å². The average Bonchev–Trinajstić information content (AvgIpc) is 1.62. The van der Waals surface area contributed by atoms with E-state index in [4.69, 9.17) is 55.7 Å². The predicted molar refractivity (Wildman–Crippen MR) is 490 cm³/mol. The second-order valence-electron chi connectivity index (χ2n) is 30.9. The number of carbonyl (C=O) groups excluding carboxylic acids is 11. The van der Waals surface area contributed by atoms with Crippen molar-refractivity contribution in [3.05, 3.63) is 294 Å². The molecular formula is C97H110Cl3N10O13Y5-5. The average molecular weight is 2170 g/mol. The summed E-state index contributed by atoms with van der Waals surface area (Å²) < 4.78 is 10.9. The molecule has 5 radical (unpaired) electrons. The molecular weight excluding hydrogens is 2060 g/mol. The molecule has 667 valence electrons. The molecule has 0 atom stereocenters. The molecule has 0 spiro atoms. The zero-order chi connectivity index (χ0) is 92.2. The van der Waals surface area contributed by atoms with Gasteiger partial charge in [0.2, 0.25) is 51.2 Å². The van der Waals surface area contributed by atoms with Crippen LogP contribution in [0.2, 0.25) is 0 Å². The summed E-state index contributed by atoms with van der Waals surface area (Å²) in [5, 5.41) is 20.1. The van der Waals surface area contributed by atoms with Gasteiger partial charge in [-0.2, -0.15) is 88.5 Å². The number of aryl methyl sites for hydroxylation is 5. The second kappa shape index (κ2) is 60.2. The third-order valence-corrected chi connectivity index (χ3v) is 18.8. The van der Waals surface area contributed by atoms with Crippen LogP contribution < -0.4 is 54.0 Å². The van der Waals surface area contributed by atoms with E-state index in [1.807, 2.05) is 138 Å². The molecule has 0 unspecified atom stereocenters. The van der Waals surface area contributed by atoms with Gasteiger partial charge >= 0.3 is 12.2 Å². The maximum atomic E-state index is 12.7. The molecule has 0 saturated heterocycles. The third-order valence-electron chi connectivity index (χ3n) is 17.9. The van der Waals surface area contributed by atoms with Crippen LogP contribution in [-0.2, 0) is 216 Å². The van der Waals surface area contributed by atoms with Gasteiger partial charge < -0.3 is 63.5 Å². The zero-order valence-electron chi connectivity index (χ0n) is 75.4. The van der Waals surface area contributed by atoms with E-state index in [0.29, 0.717) is 29.9 Å². The van der Waals surface area contributed by atoms with Crippen molar-refractivity contribution in [3.63, 3.8) is 0 Å². The standard InChI is InChI=1S/C26H25N2O3.C19H18ClNO3.C14H19N2O2.C14H17N2O2.C11H15N2O.C7H8N.C3H5ClO.C3H3ClO.5Y/c1-17-9-8-10-18(15-17)27-24(29)26(2,3)28-25(30)31-16-23-21-13-6-4-11-19(21)20-12-5-7-14-22(20)23;1-19(2,17(20)22)21-18(23)24-11-16-14-9-5-3-7-12(14)13-8-4-6-10-15(13)16;2*1-5-12(17)16-14(3,4)13(18)15-11-8-6-7-10(2)9-11;1-8-5-4-6-9(7-8)13-10(14)11(2,3)12;1-6-3-2-4-7(8)5-6;2*1-2-3(4)5;;;;;/h4-8,10-15,23H,16H2,1-3H3,(H,27,29)(H,28,30);3-10,16H,11H2,1-2H3,(H,21,23);6,8-9H,5H2,1-4H3,(H,15,18)(H,16,17);5-6,8-9H,1H2,2-4H3,(H,15,18)(H,16,17);4,6-7H,12H2,1-3H3,(H,13,14);2,4-5H,8H2,1H3;2H2,1H3;2H,1H2;;;;;/q-1;;4*-1;;;;;;;. The first-order chi connectivity index (χ1) is 57.7. The van der Waals surface area contributed by atoms with Crippen LogP contribution in [0, 0.1) is 65.0 Å². The molecule has 9 aromatic carbocycles. The summed E-state index contributed by atoms with van der Waals surface area (Å²) in [5.41, 5.74) is 23.7. The van der Waals surface area contributed by atoms with E-state index in [1.165, 1.54) is 36.1 Å². The summed E-state index contributed by atoms with van der Waals surface area (Å²) in [4.78, 5) is 126. The number of ether oxygens (including phenoxy) is 2. The van der Waals surface area contributed by atoms with Crippen LogP contribution in [0.1, 0.15) is 158 Å². The third kappa shape index (κ3) is 43.6. The predicted octanol–water partition coefficient (Wildman–Crippen LogP) is 17.9. The molecule has 9 aromatic rings. The summed E-state index contributed by atoms with van der Waals surface area (Å²) in [6, 6.07) is 74.5. The Labute approximate surface area is 894 Å². The van der Waals surface area contributed by atoms with Crippen molar-refractivity contribution in [2.24, 2.45) is 5.73 Å². The Hall–Kier alpha value is -7.02. The van der Waals surface area contributed by atoms with Crippen LogP contribution in [0.5, 0.6) is 0 Å². The molecule has 0 saturated carbocycles. The molecule has 0 aromatic heterocycles. The minimum atomic E-state index is -1.16. The number of amides is 8. The minimum absolute atomic E-state index is 0. The summed E-state index contributed by atoms with van der Waals surface area (Å²) in [6.45, 7) is 36.2. The van der Waals surface area contributed by atoms with Crippen LogP contribution in [0.4, 0.5) is 38.0 Å². The van der Waals surface area contributed by atoms with Crippen molar-refractivity contribution in [1.82, 2.24) is 21.3 Å².